The van der Waals surface area contributed by atoms with Gasteiger partial charge in [0.25, 0.3) is 11.4 Å². The predicted octanol–water partition coefficient (Wildman–Crippen LogP) is 7.66. The molecule has 5 rings (SSSR count). The van der Waals surface area contributed by atoms with E-state index < -0.39 is 51.1 Å². The predicted molar refractivity (Wildman–Crippen MR) is 140 cm³/mol. The summed E-state index contributed by atoms with van der Waals surface area (Å²) in [6.45, 7) is 30.1. The summed E-state index contributed by atoms with van der Waals surface area (Å²) in [4.78, 5) is 13.2. The van der Waals surface area contributed by atoms with Crippen LogP contribution in [0.5, 0.6) is 0 Å². The van der Waals surface area contributed by atoms with Gasteiger partial charge in [-0.1, -0.05) is 24.3 Å². The summed E-state index contributed by atoms with van der Waals surface area (Å²) in [5.41, 5.74) is -2.78. The molecule has 0 fully saturated rings. The van der Waals surface area contributed by atoms with E-state index in [1.165, 1.54) is 24.3 Å². The van der Waals surface area contributed by atoms with Crippen LogP contribution < -0.4 is 0 Å². The molecule has 0 amide bonds. The zero-order valence-electron chi connectivity index (χ0n) is 20.2. The molecule has 0 saturated carbocycles. The Bertz CT molecular complexity index is 2170. The fourth-order valence-corrected chi connectivity index (χ4v) is 5.07. The van der Waals surface area contributed by atoms with E-state index >= 15 is 8.78 Å². The highest BCUT2D eigenvalue weighted by Gasteiger charge is 2.39. The monoisotopic (exact) mass is 533 g/mol. The molecule has 0 unspecified atom stereocenters. The van der Waals surface area contributed by atoms with Crippen molar-refractivity contribution in [2.45, 2.75) is 0 Å². The second kappa shape index (κ2) is 9.44. The van der Waals surface area contributed by atoms with Crippen LogP contribution in [0.4, 0.5) is 18.9 Å². The fourth-order valence-electron chi connectivity index (χ4n) is 5.07. The number of fused-ring (bicyclic) bond motifs is 4. The molecule has 0 bridgehead atoms. The van der Waals surface area contributed by atoms with E-state index in [4.69, 9.17) is 26.3 Å². The Morgan fingerprint density at radius 2 is 1.27 bits per heavy atom. The van der Waals surface area contributed by atoms with E-state index in [1.54, 1.807) is 24.3 Å². The summed E-state index contributed by atoms with van der Waals surface area (Å²) in [6.07, 6.45) is 0. The van der Waals surface area contributed by atoms with Crippen LogP contribution in [0.1, 0.15) is 33.4 Å². The third-order valence-corrected chi connectivity index (χ3v) is 6.70. The van der Waals surface area contributed by atoms with Gasteiger partial charge in [0.1, 0.15) is 17.4 Å². The number of hydrogen-bond acceptors (Lipinski definition) is 3. The van der Waals surface area contributed by atoms with Crippen molar-refractivity contribution in [1.29, 1.82) is 15.8 Å². The first-order chi connectivity index (χ1) is 19.8. The molecule has 41 heavy (non-hydrogen) atoms. The number of benzene rings is 3. The highest BCUT2D eigenvalue weighted by atomic mass is 19.2. The minimum atomic E-state index is -1.81. The number of nitriles is 3. The Balaban J connectivity index is 1.92. The largest absolute Gasteiger partial charge is 0.270 e. The summed E-state index contributed by atoms with van der Waals surface area (Å²) < 4.78 is 45.5. The minimum Gasteiger partial charge on any atom is -0.238 e. The van der Waals surface area contributed by atoms with Crippen LogP contribution in [-0.4, -0.2) is 0 Å². The lowest BCUT2D eigenvalue weighted by Gasteiger charge is -2.13. The molecule has 0 spiro atoms. The molecule has 10 heteroatoms. The quantitative estimate of drug-likeness (QED) is 0.143. The lowest BCUT2D eigenvalue weighted by Crippen LogP contribution is -2.04. The number of hydrogen-bond donors (Lipinski definition) is 0. The molecule has 0 radical (unpaired) electrons. The van der Waals surface area contributed by atoms with E-state index in [0.29, 0.717) is 22.3 Å². The van der Waals surface area contributed by atoms with Gasteiger partial charge in [-0.25, -0.2) is 43.1 Å². The van der Waals surface area contributed by atoms with Gasteiger partial charge in [0, 0.05) is 16.7 Å². The second-order valence-electron chi connectivity index (χ2n) is 8.51. The van der Waals surface area contributed by atoms with Crippen molar-refractivity contribution in [3.05, 3.63) is 144 Å². The molecule has 7 nitrogen and oxygen atoms in total. The smallest absolute Gasteiger partial charge is 0.238 e. The van der Waals surface area contributed by atoms with Crippen LogP contribution >= 0.6 is 0 Å². The van der Waals surface area contributed by atoms with Crippen molar-refractivity contribution >= 4 is 28.1 Å². The summed E-state index contributed by atoms with van der Waals surface area (Å²) >= 11 is 0. The van der Waals surface area contributed by atoms with Gasteiger partial charge in [-0.15, -0.1) is 0 Å². The van der Waals surface area contributed by atoms with E-state index in [0.717, 1.165) is 0 Å². The summed E-state index contributed by atoms with van der Waals surface area (Å²) in [7, 11) is 0. The third-order valence-electron chi connectivity index (χ3n) is 6.70. The number of rotatable bonds is 1. The lowest BCUT2D eigenvalue weighted by atomic mass is 9.91. The van der Waals surface area contributed by atoms with Crippen molar-refractivity contribution in [3.63, 3.8) is 0 Å². The van der Waals surface area contributed by atoms with Gasteiger partial charge < -0.3 is 0 Å². The Morgan fingerprint density at radius 1 is 0.659 bits per heavy atom. The van der Waals surface area contributed by atoms with E-state index in [1.807, 2.05) is 6.07 Å². The van der Waals surface area contributed by atoms with E-state index in [9.17, 15) is 20.2 Å². The van der Waals surface area contributed by atoms with Crippen molar-refractivity contribution in [3.8, 4) is 29.3 Å². The lowest BCUT2D eigenvalue weighted by molar-refractivity contribution is 0.488. The molecule has 0 heterocycles. The first kappa shape index (κ1) is 25.7. The Labute approximate surface area is 230 Å². The SMILES string of the molecule is [C-]#[N+]C1=C(c2ccc3c(c2)/C(=C(\C#N)[N+]#[C-])c2cc([N+]#[C-])ccc2-3)/C(=C(/C#N)[N+]#[C-])c2c(F)c(C#N)c(F)c(F)c21. The first-order valence-corrected chi connectivity index (χ1v) is 11.3. The van der Waals surface area contributed by atoms with Crippen molar-refractivity contribution in [1.82, 2.24) is 0 Å². The third kappa shape index (κ3) is 3.40. The van der Waals surface area contributed by atoms with Crippen LogP contribution in [0.2, 0.25) is 0 Å². The zero-order valence-corrected chi connectivity index (χ0v) is 20.2. The normalized spacial score (nSPS) is 14.5. The van der Waals surface area contributed by atoms with Gasteiger partial charge in [0.15, 0.2) is 17.3 Å². The molecular weight excluding hydrogens is 527 g/mol. The molecule has 0 aromatic heterocycles. The van der Waals surface area contributed by atoms with Crippen LogP contribution in [0.3, 0.4) is 0 Å². The van der Waals surface area contributed by atoms with Crippen LogP contribution in [0.15, 0.2) is 47.8 Å². The topological polar surface area (TPSA) is 88.8 Å². The number of allylic oxidation sites excluding steroid dienone is 4. The average Bonchev–Trinajstić information content (AvgIpc) is 3.50. The van der Waals surface area contributed by atoms with Crippen molar-refractivity contribution < 1.29 is 13.2 Å². The van der Waals surface area contributed by atoms with Crippen LogP contribution in [0.25, 0.3) is 52.9 Å². The zero-order chi connectivity index (χ0) is 29.6. The van der Waals surface area contributed by atoms with Gasteiger partial charge in [0.2, 0.25) is 5.70 Å². The Hall–Kier alpha value is -6.90. The Morgan fingerprint density at radius 3 is 1.83 bits per heavy atom. The molecule has 2 aliphatic rings. The average molecular weight is 533 g/mol. The van der Waals surface area contributed by atoms with Gasteiger partial charge in [-0.2, -0.15) is 5.26 Å². The highest BCUT2D eigenvalue weighted by molar-refractivity contribution is 6.24. The van der Waals surface area contributed by atoms with Crippen molar-refractivity contribution in [2.75, 3.05) is 0 Å². The number of nitrogens with zero attached hydrogens (tertiary/aromatic N) is 7. The van der Waals surface area contributed by atoms with E-state index in [-0.39, 0.29) is 28.1 Å². The molecule has 186 valence electrons. The van der Waals surface area contributed by atoms with Crippen LogP contribution in [0, 0.1) is 77.7 Å². The molecule has 2 aliphatic carbocycles. The Kier molecular flexibility index (Phi) is 5.93. The molecule has 3 aromatic carbocycles. The summed E-state index contributed by atoms with van der Waals surface area (Å²) in [5, 5.41) is 28.7. The fraction of sp³-hybridized carbons (Fsp3) is 0. The van der Waals surface area contributed by atoms with Gasteiger partial charge in [-0.3, -0.25) is 0 Å². The first-order valence-electron chi connectivity index (χ1n) is 11.3. The second-order valence-corrected chi connectivity index (χ2v) is 8.51. The summed E-state index contributed by atoms with van der Waals surface area (Å²) in [5.74, 6) is -5.02. The minimum absolute atomic E-state index is 0.0769. The standard InChI is InChI=1S/C31H6F3N7/c1-38-15-6-8-17-16-7-5-14(9-18(16)24(19(17)10-15)21(12-36)39-2)23-25(22(13-37)40-3)26-27(31(23)41-4)30(34)29(33)20(11-35)28(26)32/h5-10H/b24-21-,25-22+. The molecule has 0 atom stereocenters. The van der Waals surface area contributed by atoms with E-state index in [2.05, 4.69) is 19.4 Å². The molecule has 0 aliphatic heterocycles. The maximum Gasteiger partial charge on any atom is 0.270 e. The van der Waals surface area contributed by atoms with Gasteiger partial charge in [0.05, 0.1) is 38.4 Å². The molecule has 0 N–H and O–H groups in total. The summed E-state index contributed by atoms with van der Waals surface area (Å²) in [6, 6.07) is 13.9. The maximum atomic E-state index is 15.5. The van der Waals surface area contributed by atoms with Crippen molar-refractivity contribution in [2.24, 2.45) is 0 Å². The molecule has 0 saturated heterocycles. The maximum absolute atomic E-state index is 15.5. The van der Waals surface area contributed by atoms with Gasteiger partial charge in [-0.05, 0) is 51.1 Å². The number of halogens is 3. The highest BCUT2D eigenvalue weighted by Crippen LogP contribution is 2.54. The van der Waals surface area contributed by atoms with Crippen LogP contribution in [-0.2, 0) is 0 Å². The van der Waals surface area contributed by atoms with Gasteiger partial charge >= 0.3 is 0 Å². The molecule has 3 aromatic rings. The molecular formula is C31H6F3N7.